The molecule has 3 unspecified atom stereocenters. The Morgan fingerprint density at radius 1 is 1.54 bits per heavy atom. The molecular weight excluding hydrogens is 164 g/mol. The van der Waals surface area contributed by atoms with Crippen LogP contribution < -0.4 is 11.1 Å². The first kappa shape index (κ1) is 11.0. The maximum Gasteiger partial charge on any atom is 0.0621 e. The highest BCUT2D eigenvalue weighted by Crippen LogP contribution is 2.10. The Morgan fingerprint density at radius 2 is 2.31 bits per heavy atom. The van der Waals surface area contributed by atoms with Crippen LogP contribution >= 0.6 is 0 Å². The molecule has 0 amide bonds. The number of rotatable bonds is 5. The maximum absolute atomic E-state index is 5.86. The molecule has 3 nitrogen and oxygen atoms in total. The first-order chi connectivity index (χ1) is 6.24. The Morgan fingerprint density at radius 3 is 2.85 bits per heavy atom. The van der Waals surface area contributed by atoms with Crippen LogP contribution in [0.1, 0.15) is 20.3 Å². The quantitative estimate of drug-likeness (QED) is 0.661. The molecule has 1 aliphatic rings. The summed E-state index contributed by atoms with van der Waals surface area (Å²) >= 11 is 0. The van der Waals surface area contributed by atoms with Crippen molar-refractivity contribution in [2.45, 2.75) is 26.3 Å². The average molecular weight is 186 g/mol. The van der Waals surface area contributed by atoms with Gasteiger partial charge in [0.05, 0.1) is 13.2 Å². The molecule has 0 bridgehead atoms. The van der Waals surface area contributed by atoms with Gasteiger partial charge in [0.15, 0.2) is 0 Å². The summed E-state index contributed by atoms with van der Waals surface area (Å²) in [5.41, 5.74) is 5.86. The second kappa shape index (κ2) is 5.58. The minimum Gasteiger partial charge on any atom is -0.379 e. The molecule has 1 heterocycles. The molecule has 1 rings (SSSR count). The van der Waals surface area contributed by atoms with Crippen LogP contribution in [0.15, 0.2) is 0 Å². The fourth-order valence-electron chi connectivity index (χ4n) is 1.48. The third-order valence-corrected chi connectivity index (χ3v) is 2.84. The Kier molecular flexibility index (Phi) is 4.70. The Labute approximate surface area is 81.0 Å². The van der Waals surface area contributed by atoms with E-state index in [1.165, 1.54) is 6.42 Å². The van der Waals surface area contributed by atoms with Crippen molar-refractivity contribution < 1.29 is 4.74 Å². The van der Waals surface area contributed by atoms with Crippen molar-refractivity contribution in [1.29, 1.82) is 0 Å². The fourth-order valence-corrected chi connectivity index (χ4v) is 1.48. The number of nitrogens with two attached hydrogens (primary N) is 1. The van der Waals surface area contributed by atoms with Gasteiger partial charge < -0.3 is 15.8 Å². The van der Waals surface area contributed by atoms with E-state index < -0.39 is 0 Å². The standard InChI is InChI=1S/C10H22N2O/c1-3-8(2)4-12-5-9-6-13-7-10(9)11/h8-10,12H,3-7,11H2,1-2H3. The molecule has 78 valence electrons. The number of nitrogens with one attached hydrogen (secondary N) is 1. The molecular formula is C10H22N2O. The van der Waals surface area contributed by atoms with E-state index in [9.17, 15) is 0 Å². The van der Waals surface area contributed by atoms with Gasteiger partial charge in [0.25, 0.3) is 0 Å². The van der Waals surface area contributed by atoms with Crippen LogP contribution in [0, 0.1) is 11.8 Å². The van der Waals surface area contributed by atoms with Gasteiger partial charge >= 0.3 is 0 Å². The molecule has 0 aliphatic carbocycles. The Balaban J connectivity index is 2.05. The van der Waals surface area contributed by atoms with E-state index in [0.29, 0.717) is 5.92 Å². The van der Waals surface area contributed by atoms with Crippen molar-refractivity contribution in [3.05, 3.63) is 0 Å². The lowest BCUT2D eigenvalue weighted by molar-refractivity contribution is 0.183. The highest BCUT2D eigenvalue weighted by Gasteiger charge is 2.23. The van der Waals surface area contributed by atoms with Crippen molar-refractivity contribution in [1.82, 2.24) is 5.32 Å². The molecule has 3 heteroatoms. The topological polar surface area (TPSA) is 47.3 Å². The summed E-state index contributed by atoms with van der Waals surface area (Å²) < 4.78 is 5.29. The smallest absolute Gasteiger partial charge is 0.0621 e. The van der Waals surface area contributed by atoms with E-state index in [1.54, 1.807) is 0 Å². The maximum atomic E-state index is 5.86. The minimum absolute atomic E-state index is 0.240. The normalized spacial score (nSPS) is 30.7. The van der Waals surface area contributed by atoms with Crippen molar-refractivity contribution in [3.63, 3.8) is 0 Å². The number of hydrogen-bond donors (Lipinski definition) is 2. The van der Waals surface area contributed by atoms with Gasteiger partial charge in [0, 0.05) is 18.5 Å². The van der Waals surface area contributed by atoms with Crippen LogP contribution in [0.3, 0.4) is 0 Å². The van der Waals surface area contributed by atoms with Crippen LogP contribution in [0.4, 0.5) is 0 Å². The summed E-state index contributed by atoms with van der Waals surface area (Å²) in [6.45, 7) is 8.14. The van der Waals surface area contributed by atoms with Crippen LogP contribution in [0.25, 0.3) is 0 Å². The van der Waals surface area contributed by atoms with E-state index in [-0.39, 0.29) is 6.04 Å². The first-order valence-electron chi connectivity index (χ1n) is 5.28. The third-order valence-electron chi connectivity index (χ3n) is 2.84. The minimum atomic E-state index is 0.240. The van der Waals surface area contributed by atoms with E-state index >= 15 is 0 Å². The molecule has 0 radical (unpaired) electrons. The summed E-state index contributed by atoms with van der Waals surface area (Å²) in [4.78, 5) is 0. The van der Waals surface area contributed by atoms with Gasteiger partial charge in [-0.25, -0.2) is 0 Å². The molecule has 0 aromatic rings. The van der Waals surface area contributed by atoms with Gasteiger partial charge in [-0.2, -0.15) is 0 Å². The molecule has 3 atom stereocenters. The van der Waals surface area contributed by atoms with Crippen LogP contribution in [0.5, 0.6) is 0 Å². The van der Waals surface area contributed by atoms with Gasteiger partial charge in [-0.15, -0.1) is 0 Å². The molecule has 0 spiro atoms. The highest BCUT2D eigenvalue weighted by molar-refractivity contribution is 4.79. The van der Waals surface area contributed by atoms with Crippen molar-refractivity contribution in [2.24, 2.45) is 17.6 Å². The second-order valence-electron chi connectivity index (χ2n) is 4.13. The van der Waals surface area contributed by atoms with Gasteiger partial charge in [-0.05, 0) is 12.5 Å². The summed E-state index contributed by atoms with van der Waals surface area (Å²) in [5, 5.41) is 3.45. The van der Waals surface area contributed by atoms with E-state index in [0.717, 1.165) is 32.2 Å². The lowest BCUT2D eigenvalue weighted by Crippen LogP contribution is -2.37. The Bertz CT molecular complexity index is 141. The molecule has 3 N–H and O–H groups in total. The average Bonchev–Trinajstić information content (AvgIpc) is 2.52. The fraction of sp³-hybridized carbons (Fsp3) is 1.00. The van der Waals surface area contributed by atoms with Crippen LogP contribution in [0.2, 0.25) is 0 Å². The predicted molar refractivity (Wildman–Crippen MR) is 54.6 cm³/mol. The van der Waals surface area contributed by atoms with Crippen molar-refractivity contribution >= 4 is 0 Å². The number of hydrogen-bond acceptors (Lipinski definition) is 3. The van der Waals surface area contributed by atoms with Crippen molar-refractivity contribution in [2.75, 3.05) is 26.3 Å². The summed E-state index contributed by atoms with van der Waals surface area (Å²) in [7, 11) is 0. The molecule has 13 heavy (non-hydrogen) atoms. The van der Waals surface area contributed by atoms with Gasteiger partial charge in [0.1, 0.15) is 0 Å². The van der Waals surface area contributed by atoms with Gasteiger partial charge in [-0.1, -0.05) is 20.3 Å². The van der Waals surface area contributed by atoms with E-state index in [4.69, 9.17) is 10.5 Å². The largest absolute Gasteiger partial charge is 0.379 e. The molecule has 1 aliphatic heterocycles. The summed E-state index contributed by atoms with van der Waals surface area (Å²) in [6.07, 6.45) is 1.24. The molecule has 0 aromatic heterocycles. The zero-order valence-electron chi connectivity index (χ0n) is 8.75. The molecule has 1 saturated heterocycles. The van der Waals surface area contributed by atoms with Gasteiger partial charge in [-0.3, -0.25) is 0 Å². The second-order valence-corrected chi connectivity index (χ2v) is 4.13. The number of ether oxygens (including phenoxy) is 1. The third kappa shape index (κ3) is 3.63. The monoisotopic (exact) mass is 186 g/mol. The molecule has 0 aromatic carbocycles. The first-order valence-corrected chi connectivity index (χ1v) is 5.28. The zero-order valence-corrected chi connectivity index (χ0v) is 8.75. The van der Waals surface area contributed by atoms with Crippen LogP contribution in [-0.2, 0) is 4.74 Å². The van der Waals surface area contributed by atoms with Crippen molar-refractivity contribution in [3.8, 4) is 0 Å². The molecule has 0 saturated carbocycles. The van der Waals surface area contributed by atoms with Crippen LogP contribution in [-0.4, -0.2) is 32.3 Å². The molecule has 1 fully saturated rings. The summed E-state index contributed by atoms with van der Waals surface area (Å²) in [5.74, 6) is 1.28. The van der Waals surface area contributed by atoms with Gasteiger partial charge in [0.2, 0.25) is 0 Å². The van der Waals surface area contributed by atoms with E-state index in [1.807, 2.05) is 0 Å². The zero-order chi connectivity index (χ0) is 9.68. The lowest BCUT2D eigenvalue weighted by atomic mass is 10.0. The summed E-state index contributed by atoms with van der Waals surface area (Å²) in [6, 6.07) is 0.240. The SMILES string of the molecule is CCC(C)CNCC1COCC1N. The Hall–Kier alpha value is -0.120. The lowest BCUT2D eigenvalue weighted by Gasteiger charge is -2.15. The predicted octanol–water partition coefficient (Wildman–Crippen LogP) is 0.596. The van der Waals surface area contributed by atoms with E-state index in [2.05, 4.69) is 19.2 Å². The highest BCUT2D eigenvalue weighted by atomic mass is 16.5.